The molecule has 130 valence electrons. The first-order chi connectivity index (χ1) is 12.0. The number of aryl methyl sites for hydroxylation is 2. The van der Waals surface area contributed by atoms with E-state index in [1.54, 1.807) is 0 Å². The molecule has 1 aromatic carbocycles. The zero-order valence-corrected chi connectivity index (χ0v) is 14.5. The Bertz CT molecular complexity index is 745. The van der Waals surface area contributed by atoms with Gasteiger partial charge in [0.1, 0.15) is 5.82 Å². The first kappa shape index (κ1) is 17.0. The lowest BCUT2D eigenvalue weighted by molar-refractivity contribution is -0.127. The van der Waals surface area contributed by atoms with Crippen LogP contribution < -0.4 is 15.1 Å². The number of nitrogens with zero attached hydrogens (tertiary/aromatic N) is 3. The standard InChI is InChI=1S/C19H22N4O2/c1-14-11-15(2)20-18(12-14)23-9-7-22(8-10-23)17-5-3-16(4-6-17)21-19(25)13-24/h3-6,11-13H,7-10H2,1-2H3,(H,21,25). The van der Waals surface area contributed by atoms with Crippen LogP contribution in [0.2, 0.25) is 0 Å². The minimum absolute atomic E-state index is 0.272. The van der Waals surface area contributed by atoms with Gasteiger partial charge in [-0.05, 0) is 55.8 Å². The SMILES string of the molecule is Cc1cc(C)nc(N2CCN(c3ccc(NC(=O)C=O)cc3)CC2)c1. The number of rotatable bonds is 4. The molecule has 0 radical (unpaired) electrons. The molecular weight excluding hydrogens is 316 g/mol. The van der Waals surface area contributed by atoms with E-state index in [2.05, 4.69) is 39.2 Å². The average Bonchev–Trinajstić information content (AvgIpc) is 2.61. The van der Waals surface area contributed by atoms with Crippen LogP contribution in [0, 0.1) is 13.8 Å². The Morgan fingerprint density at radius 3 is 2.28 bits per heavy atom. The van der Waals surface area contributed by atoms with Crippen LogP contribution in [-0.4, -0.2) is 43.4 Å². The number of carbonyl (C=O) groups is 2. The lowest BCUT2D eigenvalue weighted by Gasteiger charge is -2.37. The average molecular weight is 338 g/mol. The van der Waals surface area contributed by atoms with Gasteiger partial charge in [0.05, 0.1) is 0 Å². The van der Waals surface area contributed by atoms with Crippen LogP contribution in [0.4, 0.5) is 17.2 Å². The lowest BCUT2D eigenvalue weighted by atomic mass is 10.2. The monoisotopic (exact) mass is 338 g/mol. The third-order valence-corrected chi connectivity index (χ3v) is 4.29. The number of amides is 1. The lowest BCUT2D eigenvalue weighted by Crippen LogP contribution is -2.46. The van der Waals surface area contributed by atoms with Gasteiger partial charge in [0.25, 0.3) is 5.91 Å². The van der Waals surface area contributed by atoms with Crippen molar-refractivity contribution in [1.29, 1.82) is 0 Å². The summed E-state index contributed by atoms with van der Waals surface area (Å²) in [5.74, 6) is 0.409. The quantitative estimate of drug-likeness (QED) is 0.684. The molecule has 6 heteroatoms. The molecular formula is C19H22N4O2. The zero-order chi connectivity index (χ0) is 17.8. The smallest absolute Gasteiger partial charge is 0.288 e. The predicted molar refractivity (Wildman–Crippen MR) is 99.3 cm³/mol. The van der Waals surface area contributed by atoms with Crippen LogP contribution in [0.5, 0.6) is 0 Å². The van der Waals surface area contributed by atoms with E-state index < -0.39 is 5.91 Å². The highest BCUT2D eigenvalue weighted by Gasteiger charge is 2.18. The maximum Gasteiger partial charge on any atom is 0.288 e. The highest BCUT2D eigenvalue weighted by molar-refractivity contribution is 6.29. The molecule has 6 nitrogen and oxygen atoms in total. The minimum atomic E-state index is -0.637. The number of pyridine rings is 1. The van der Waals surface area contributed by atoms with E-state index in [-0.39, 0.29) is 6.29 Å². The molecule has 1 fully saturated rings. The molecule has 1 N–H and O–H groups in total. The molecule has 1 aliphatic heterocycles. The van der Waals surface area contributed by atoms with Gasteiger partial charge >= 0.3 is 0 Å². The number of hydrogen-bond donors (Lipinski definition) is 1. The Morgan fingerprint density at radius 1 is 1.04 bits per heavy atom. The maximum atomic E-state index is 11.1. The first-order valence-electron chi connectivity index (χ1n) is 8.36. The third kappa shape index (κ3) is 4.15. The summed E-state index contributed by atoms with van der Waals surface area (Å²) >= 11 is 0. The molecule has 1 amide bonds. The number of aromatic nitrogens is 1. The Morgan fingerprint density at radius 2 is 1.68 bits per heavy atom. The van der Waals surface area contributed by atoms with Gasteiger partial charge in [-0.3, -0.25) is 9.59 Å². The number of benzene rings is 1. The van der Waals surface area contributed by atoms with E-state index >= 15 is 0 Å². The van der Waals surface area contributed by atoms with Crippen molar-refractivity contribution >= 4 is 29.4 Å². The van der Waals surface area contributed by atoms with Gasteiger partial charge in [-0.15, -0.1) is 0 Å². The Balaban J connectivity index is 1.62. The van der Waals surface area contributed by atoms with Gasteiger partial charge in [0.2, 0.25) is 6.29 Å². The van der Waals surface area contributed by atoms with E-state index in [0.717, 1.165) is 43.4 Å². The number of anilines is 3. The van der Waals surface area contributed by atoms with Crippen molar-refractivity contribution in [3.05, 3.63) is 47.7 Å². The van der Waals surface area contributed by atoms with Crippen LogP contribution >= 0.6 is 0 Å². The van der Waals surface area contributed by atoms with E-state index in [9.17, 15) is 9.59 Å². The highest BCUT2D eigenvalue weighted by Crippen LogP contribution is 2.22. The van der Waals surface area contributed by atoms with Crippen molar-refractivity contribution in [2.45, 2.75) is 13.8 Å². The molecule has 0 aliphatic carbocycles. The summed E-state index contributed by atoms with van der Waals surface area (Å²) in [5, 5.41) is 2.52. The predicted octanol–water partition coefficient (Wildman–Crippen LogP) is 2.16. The first-order valence-corrected chi connectivity index (χ1v) is 8.36. The fraction of sp³-hybridized carbons (Fsp3) is 0.316. The molecule has 1 saturated heterocycles. The van der Waals surface area contributed by atoms with Crippen molar-refractivity contribution in [2.24, 2.45) is 0 Å². The van der Waals surface area contributed by atoms with Crippen LogP contribution in [0.3, 0.4) is 0 Å². The molecule has 0 unspecified atom stereocenters. The highest BCUT2D eigenvalue weighted by atomic mass is 16.2. The molecule has 1 aliphatic rings. The Labute approximate surface area is 147 Å². The summed E-state index contributed by atoms with van der Waals surface area (Å²) in [6.45, 7) is 7.78. The second kappa shape index (κ2) is 7.34. The maximum absolute atomic E-state index is 11.1. The van der Waals surface area contributed by atoms with Crippen molar-refractivity contribution in [2.75, 3.05) is 41.3 Å². The van der Waals surface area contributed by atoms with Gasteiger partial charge in [-0.25, -0.2) is 4.98 Å². The van der Waals surface area contributed by atoms with Gasteiger partial charge < -0.3 is 15.1 Å². The summed E-state index contributed by atoms with van der Waals surface area (Å²) in [5.41, 5.74) is 4.01. The number of nitrogens with one attached hydrogen (secondary N) is 1. The zero-order valence-electron chi connectivity index (χ0n) is 14.5. The van der Waals surface area contributed by atoms with Gasteiger partial charge in [-0.2, -0.15) is 0 Å². The fourth-order valence-corrected chi connectivity index (χ4v) is 3.10. The third-order valence-electron chi connectivity index (χ3n) is 4.29. The molecule has 1 aromatic heterocycles. The fourth-order valence-electron chi connectivity index (χ4n) is 3.10. The van der Waals surface area contributed by atoms with Gasteiger partial charge in [-0.1, -0.05) is 0 Å². The van der Waals surface area contributed by atoms with E-state index in [1.165, 1.54) is 5.56 Å². The molecule has 0 atom stereocenters. The second-order valence-electron chi connectivity index (χ2n) is 6.27. The number of hydrogen-bond acceptors (Lipinski definition) is 5. The summed E-state index contributed by atoms with van der Waals surface area (Å²) in [6, 6.07) is 11.8. The molecule has 0 bridgehead atoms. The van der Waals surface area contributed by atoms with Crippen LogP contribution in [0.25, 0.3) is 0 Å². The number of carbonyl (C=O) groups excluding carboxylic acids is 2. The Hall–Kier alpha value is -2.89. The van der Waals surface area contributed by atoms with Crippen LogP contribution in [0.1, 0.15) is 11.3 Å². The number of piperazine rings is 1. The molecule has 25 heavy (non-hydrogen) atoms. The van der Waals surface area contributed by atoms with Crippen molar-refractivity contribution in [3.8, 4) is 0 Å². The van der Waals surface area contributed by atoms with Crippen molar-refractivity contribution in [3.63, 3.8) is 0 Å². The molecule has 2 heterocycles. The van der Waals surface area contributed by atoms with Crippen LogP contribution in [0.15, 0.2) is 36.4 Å². The summed E-state index contributed by atoms with van der Waals surface area (Å²) < 4.78 is 0. The Kier molecular flexibility index (Phi) is 4.97. The van der Waals surface area contributed by atoms with E-state index in [0.29, 0.717) is 5.69 Å². The van der Waals surface area contributed by atoms with E-state index in [4.69, 9.17) is 0 Å². The molecule has 2 aromatic rings. The van der Waals surface area contributed by atoms with Gasteiger partial charge in [0.15, 0.2) is 0 Å². The molecule has 0 spiro atoms. The van der Waals surface area contributed by atoms with Crippen LogP contribution in [-0.2, 0) is 9.59 Å². The molecule has 3 rings (SSSR count). The summed E-state index contributed by atoms with van der Waals surface area (Å²) in [6.07, 6.45) is 0.272. The van der Waals surface area contributed by atoms with E-state index in [1.807, 2.05) is 31.2 Å². The normalized spacial score (nSPS) is 14.3. The van der Waals surface area contributed by atoms with Crippen molar-refractivity contribution < 1.29 is 9.59 Å². The van der Waals surface area contributed by atoms with Crippen molar-refractivity contribution in [1.82, 2.24) is 4.98 Å². The summed E-state index contributed by atoms with van der Waals surface area (Å²) in [4.78, 5) is 30.7. The summed E-state index contributed by atoms with van der Waals surface area (Å²) in [7, 11) is 0. The van der Waals surface area contributed by atoms with Gasteiger partial charge in [0, 0.05) is 43.2 Å². The second-order valence-corrected chi connectivity index (χ2v) is 6.27. The topological polar surface area (TPSA) is 65.5 Å². The number of aldehydes is 1. The minimum Gasteiger partial charge on any atom is -0.368 e. The largest absolute Gasteiger partial charge is 0.368 e. The molecule has 0 saturated carbocycles.